The molecule has 1 rings (SSSR count). The van der Waals surface area contributed by atoms with Crippen LogP contribution < -0.4 is 4.72 Å². The van der Waals surface area contributed by atoms with E-state index in [1.165, 1.54) is 6.92 Å². The zero-order chi connectivity index (χ0) is 16.2. The van der Waals surface area contributed by atoms with Gasteiger partial charge in [0.05, 0.1) is 14.8 Å². The molecule has 0 fully saturated rings. The van der Waals surface area contributed by atoms with Gasteiger partial charge >= 0.3 is 5.97 Å². The Labute approximate surface area is 125 Å². The Kier molecular flexibility index (Phi) is 5.64. The maximum Gasteiger partial charge on any atom is 0.303 e. The fourth-order valence-electron chi connectivity index (χ4n) is 1.51. The molecule has 0 spiro atoms. The van der Waals surface area contributed by atoms with Crippen LogP contribution in [0.25, 0.3) is 0 Å². The van der Waals surface area contributed by atoms with Crippen LogP contribution >= 0.6 is 11.6 Å². The van der Waals surface area contributed by atoms with Gasteiger partial charge in [-0.05, 0) is 19.4 Å². The highest BCUT2D eigenvalue weighted by Crippen LogP contribution is 2.29. The number of nitro benzene ring substituents is 1. The van der Waals surface area contributed by atoms with Gasteiger partial charge in [0, 0.05) is 24.6 Å². The van der Waals surface area contributed by atoms with Crippen molar-refractivity contribution in [2.75, 3.05) is 6.54 Å². The summed E-state index contributed by atoms with van der Waals surface area (Å²) in [5, 5.41) is 19.3. The maximum absolute atomic E-state index is 12.0. The molecule has 1 aromatic carbocycles. The van der Waals surface area contributed by atoms with Crippen molar-refractivity contribution in [3.63, 3.8) is 0 Å². The highest BCUT2D eigenvalue weighted by Gasteiger charge is 2.22. The normalized spacial score (nSPS) is 11.3. The molecular formula is C11H13ClN2O6S. The molecule has 0 unspecified atom stereocenters. The van der Waals surface area contributed by atoms with Gasteiger partial charge in [0.1, 0.15) is 0 Å². The lowest BCUT2D eigenvalue weighted by molar-refractivity contribution is -0.385. The number of carboxylic acid groups (broad SMARTS) is 1. The summed E-state index contributed by atoms with van der Waals surface area (Å²) in [7, 11) is -3.99. The monoisotopic (exact) mass is 336 g/mol. The molecule has 0 atom stereocenters. The minimum atomic E-state index is -3.99. The Morgan fingerprint density at radius 2 is 2.10 bits per heavy atom. The lowest BCUT2D eigenvalue weighted by Crippen LogP contribution is -2.25. The minimum absolute atomic E-state index is 0.0323. The van der Waals surface area contributed by atoms with Crippen molar-refractivity contribution in [2.45, 2.75) is 24.7 Å². The molecule has 0 aliphatic heterocycles. The van der Waals surface area contributed by atoms with Gasteiger partial charge in [-0.2, -0.15) is 0 Å². The van der Waals surface area contributed by atoms with Gasteiger partial charge in [0.15, 0.2) is 0 Å². The molecule has 21 heavy (non-hydrogen) atoms. The first-order chi connectivity index (χ1) is 9.65. The molecule has 8 nitrogen and oxygen atoms in total. The predicted octanol–water partition coefficient (Wildman–Crippen LogP) is 1.70. The molecule has 0 amide bonds. The van der Waals surface area contributed by atoms with E-state index in [1.807, 2.05) is 0 Å². The van der Waals surface area contributed by atoms with Gasteiger partial charge in [0.2, 0.25) is 10.0 Å². The SMILES string of the molecule is Cc1c(Cl)cc(S(=O)(=O)NCCCC(=O)O)cc1[N+](=O)[O-]. The van der Waals surface area contributed by atoms with E-state index in [4.69, 9.17) is 16.7 Å². The second-order valence-corrected chi connectivity index (χ2v) is 6.38. The number of nitrogens with zero attached hydrogens (tertiary/aromatic N) is 1. The largest absolute Gasteiger partial charge is 0.481 e. The Morgan fingerprint density at radius 1 is 1.48 bits per heavy atom. The molecule has 0 heterocycles. The molecular weight excluding hydrogens is 324 g/mol. The third kappa shape index (κ3) is 4.66. The number of hydrogen-bond acceptors (Lipinski definition) is 5. The Hall–Kier alpha value is -1.71. The van der Waals surface area contributed by atoms with Crippen LogP contribution in [0.5, 0.6) is 0 Å². The Balaban J connectivity index is 2.98. The van der Waals surface area contributed by atoms with E-state index in [9.17, 15) is 23.3 Å². The van der Waals surface area contributed by atoms with Gasteiger partial charge in [-0.1, -0.05) is 11.6 Å². The van der Waals surface area contributed by atoms with E-state index in [2.05, 4.69) is 4.72 Å². The maximum atomic E-state index is 12.0. The topological polar surface area (TPSA) is 127 Å². The van der Waals surface area contributed by atoms with E-state index >= 15 is 0 Å². The van der Waals surface area contributed by atoms with Crippen molar-refractivity contribution >= 4 is 33.3 Å². The van der Waals surface area contributed by atoms with Crippen LogP contribution in [0.1, 0.15) is 18.4 Å². The van der Waals surface area contributed by atoms with Gasteiger partial charge in [0.25, 0.3) is 5.69 Å². The van der Waals surface area contributed by atoms with E-state index in [0.29, 0.717) is 0 Å². The summed E-state index contributed by atoms with van der Waals surface area (Å²) >= 11 is 5.80. The number of halogens is 1. The van der Waals surface area contributed by atoms with Crippen LogP contribution in [0.3, 0.4) is 0 Å². The van der Waals surface area contributed by atoms with E-state index in [-0.39, 0.29) is 34.9 Å². The third-order valence-corrected chi connectivity index (χ3v) is 4.49. The summed E-state index contributed by atoms with van der Waals surface area (Å²) in [5.74, 6) is -1.04. The number of benzene rings is 1. The standard InChI is InChI=1S/C11H13ClN2O6S/c1-7-9(12)5-8(6-10(7)14(17)18)21(19,20)13-4-2-3-11(15)16/h5-6,13H,2-4H2,1H3,(H,15,16). The number of sulfonamides is 1. The average Bonchev–Trinajstić information content (AvgIpc) is 2.37. The second-order valence-electron chi connectivity index (χ2n) is 4.20. The van der Waals surface area contributed by atoms with Crippen LogP contribution in [0.2, 0.25) is 5.02 Å². The summed E-state index contributed by atoms with van der Waals surface area (Å²) < 4.78 is 26.1. The van der Waals surface area contributed by atoms with Gasteiger partial charge < -0.3 is 5.11 Å². The molecule has 0 radical (unpaired) electrons. The van der Waals surface area contributed by atoms with Crippen molar-refractivity contribution in [1.29, 1.82) is 0 Å². The Bertz CT molecular complexity index is 674. The van der Waals surface area contributed by atoms with Crippen LogP contribution in [-0.4, -0.2) is 31.0 Å². The van der Waals surface area contributed by atoms with E-state index in [0.717, 1.165) is 12.1 Å². The molecule has 0 saturated carbocycles. The summed E-state index contributed by atoms with van der Waals surface area (Å²) in [4.78, 5) is 20.1. The molecule has 0 aliphatic carbocycles. The molecule has 2 N–H and O–H groups in total. The molecule has 1 aromatic rings. The summed E-state index contributed by atoms with van der Waals surface area (Å²) in [6.07, 6.45) is -0.0758. The predicted molar refractivity (Wildman–Crippen MR) is 74.9 cm³/mol. The first-order valence-electron chi connectivity index (χ1n) is 5.81. The van der Waals surface area contributed by atoms with Crippen LogP contribution in [-0.2, 0) is 14.8 Å². The van der Waals surface area contributed by atoms with Crippen LogP contribution in [0.15, 0.2) is 17.0 Å². The Morgan fingerprint density at radius 3 is 2.62 bits per heavy atom. The number of carboxylic acids is 1. The smallest absolute Gasteiger partial charge is 0.303 e. The van der Waals surface area contributed by atoms with Gasteiger partial charge in [-0.3, -0.25) is 14.9 Å². The molecule has 116 valence electrons. The molecule has 0 saturated heterocycles. The quantitative estimate of drug-likeness (QED) is 0.443. The van der Waals surface area contributed by atoms with Crippen molar-refractivity contribution < 1.29 is 23.2 Å². The number of nitrogens with one attached hydrogen (secondary N) is 1. The van der Waals surface area contributed by atoms with Crippen molar-refractivity contribution in [3.05, 3.63) is 32.8 Å². The average molecular weight is 337 g/mol. The zero-order valence-electron chi connectivity index (χ0n) is 11.0. The number of rotatable bonds is 7. The van der Waals surface area contributed by atoms with Gasteiger partial charge in [-0.25, -0.2) is 13.1 Å². The number of carbonyl (C=O) groups is 1. The van der Waals surface area contributed by atoms with Gasteiger partial charge in [-0.15, -0.1) is 0 Å². The lowest BCUT2D eigenvalue weighted by Gasteiger charge is -2.08. The lowest BCUT2D eigenvalue weighted by atomic mass is 10.2. The van der Waals surface area contributed by atoms with E-state index in [1.54, 1.807) is 0 Å². The van der Waals surface area contributed by atoms with Crippen LogP contribution in [0, 0.1) is 17.0 Å². The van der Waals surface area contributed by atoms with Crippen molar-refractivity contribution in [3.8, 4) is 0 Å². The number of hydrogen-bond donors (Lipinski definition) is 2. The molecule has 0 bridgehead atoms. The summed E-state index contributed by atoms with van der Waals surface area (Å²) in [5.41, 5.74) is -0.222. The van der Waals surface area contributed by atoms with Crippen molar-refractivity contribution in [2.24, 2.45) is 0 Å². The number of aliphatic carboxylic acids is 1. The highest BCUT2D eigenvalue weighted by atomic mass is 35.5. The molecule has 0 aliphatic rings. The first-order valence-corrected chi connectivity index (χ1v) is 7.67. The van der Waals surface area contributed by atoms with Crippen LogP contribution in [0.4, 0.5) is 5.69 Å². The fraction of sp³-hybridized carbons (Fsp3) is 0.364. The summed E-state index contributed by atoms with van der Waals surface area (Å²) in [6, 6.07) is 2.03. The summed E-state index contributed by atoms with van der Waals surface area (Å²) in [6.45, 7) is 1.32. The minimum Gasteiger partial charge on any atom is -0.481 e. The van der Waals surface area contributed by atoms with E-state index < -0.39 is 26.6 Å². The first kappa shape index (κ1) is 17.3. The third-order valence-electron chi connectivity index (χ3n) is 2.66. The highest BCUT2D eigenvalue weighted by molar-refractivity contribution is 7.89. The molecule has 10 heteroatoms. The molecule has 0 aromatic heterocycles. The fourth-order valence-corrected chi connectivity index (χ4v) is 2.91. The van der Waals surface area contributed by atoms with Crippen molar-refractivity contribution in [1.82, 2.24) is 4.72 Å². The zero-order valence-corrected chi connectivity index (χ0v) is 12.6. The second kappa shape index (κ2) is 6.83. The number of nitro groups is 1.